The lowest BCUT2D eigenvalue weighted by molar-refractivity contribution is -0.384. The maximum absolute atomic E-state index is 11.6. The highest BCUT2D eigenvalue weighted by Gasteiger charge is 2.24. The van der Waals surface area contributed by atoms with Crippen molar-refractivity contribution in [3.8, 4) is 0 Å². The molecule has 3 N–H and O–H groups in total. The number of hydrogen-bond acceptors (Lipinski definition) is 5. The van der Waals surface area contributed by atoms with Crippen molar-refractivity contribution in [1.29, 1.82) is 0 Å². The predicted molar refractivity (Wildman–Crippen MR) is 92.8 cm³/mol. The van der Waals surface area contributed by atoms with Gasteiger partial charge >= 0.3 is 0 Å². The minimum absolute atomic E-state index is 0.00649. The molecule has 1 aromatic rings. The van der Waals surface area contributed by atoms with E-state index < -0.39 is 4.92 Å². The highest BCUT2D eigenvalue weighted by molar-refractivity contribution is 6.31. The van der Waals surface area contributed by atoms with Crippen molar-refractivity contribution in [3.05, 3.63) is 38.9 Å². The Labute approximate surface area is 146 Å². The van der Waals surface area contributed by atoms with Gasteiger partial charge in [-0.3, -0.25) is 19.8 Å². The van der Waals surface area contributed by atoms with E-state index in [0.717, 1.165) is 31.4 Å². The zero-order chi connectivity index (χ0) is 17.5. The lowest BCUT2D eigenvalue weighted by Crippen LogP contribution is -2.46. The molecule has 1 amide bonds. The van der Waals surface area contributed by atoms with Gasteiger partial charge in [0.05, 0.1) is 9.95 Å². The number of rotatable bonds is 7. The molecule has 1 unspecified atom stereocenters. The summed E-state index contributed by atoms with van der Waals surface area (Å²) in [5, 5.41) is 14.1. The summed E-state index contributed by atoms with van der Waals surface area (Å²) in [6, 6.07) is 4.81. The van der Waals surface area contributed by atoms with Crippen molar-refractivity contribution in [3.63, 3.8) is 0 Å². The number of amides is 1. The van der Waals surface area contributed by atoms with Crippen molar-refractivity contribution in [2.45, 2.75) is 38.3 Å². The summed E-state index contributed by atoms with van der Waals surface area (Å²) in [6.45, 7) is 2.47. The molecular formula is C16H23ClN4O3. The molecule has 0 saturated carbocycles. The third-order valence-corrected chi connectivity index (χ3v) is 4.63. The molecule has 0 aliphatic carbocycles. The fraction of sp³-hybridized carbons (Fsp3) is 0.562. The van der Waals surface area contributed by atoms with Crippen LogP contribution in [0.2, 0.25) is 5.02 Å². The molecule has 1 heterocycles. The second-order valence-electron chi connectivity index (χ2n) is 6.00. The van der Waals surface area contributed by atoms with Crippen LogP contribution in [-0.2, 0) is 11.3 Å². The van der Waals surface area contributed by atoms with Gasteiger partial charge in [-0.1, -0.05) is 18.0 Å². The predicted octanol–water partition coefficient (Wildman–Crippen LogP) is 2.07. The quantitative estimate of drug-likeness (QED) is 0.576. The van der Waals surface area contributed by atoms with Gasteiger partial charge in [-0.05, 0) is 31.0 Å². The lowest BCUT2D eigenvalue weighted by Gasteiger charge is -2.36. The van der Waals surface area contributed by atoms with Crippen LogP contribution in [0.25, 0.3) is 0 Å². The Morgan fingerprint density at radius 2 is 2.25 bits per heavy atom. The fourth-order valence-corrected chi connectivity index (χ4v) is 3.18. The lowest BCUT2D eigenvalue weighted by atomic mass is 10.0. The summed E-state index contributed by atoms with van der Waals surface area (Å²) in [5.74, 6) is -0.0311. The number of benzene rings is 1. The smallest absolute Gasteiger partial charge is 0.270 e. The third-order valence-electron chi connectivity index (χ3n) is 4.28. The molecule has 2 rings (SSSR count). The van der Waals surface area contributed by atoms with Gasteiger partial charge in [-0.15, -0.1) is 0 Å². The Morgan fingerprint density at radius 1 is 1.46 bits per heavy atom. The molecule has 0 bridgehead atoms. The highest BCUT2D eigenvalue weighted by atomic mass is 35.5. The molecule has 1 saturated heterocycles. The average molecular weight is 355 g/mol. The Morgan fingerprint density at radius 3 is 2.92 bits per heavy atom. The van der Waals surface area contributed by atoms with Crippen LogP contribution in [0.4, 0.5) is 5.69 Å². The van der Waals surface area contributed by atoms with Crippen LogP contribution >= 0.6 is 11.6 Å². The SMILES string of the molecule is NCCC(=O)NCC1CCCCN1Cc1ccc([N+](=O)[O-])cc1Cl. The molecule has 1 aromatic carbocycles. The van der Waals surface area contributed by atoms with Crippen LogP contribution < -0.4 is 11.1 Å². The number of nitrogens with one attached hydrogen (secondary N) is 1. The molecule has 1 aliphatic rings. The first-order chi connectivity index (χ1) is 11.5. The number of hydrogen-bond donors (Lipinski definition) is 2. The van der Waals surface area contributed by atoms with E-state index in [1.807, 2.05) is 0 Å². The van der Waals surface area contributed by atoms with E-state index in [9.17, 15) is 14.9 Å². The molecule has 0 spiro atoms. The molecule has 1 fully saturated rings. The summed E-state index contributed by atoms with van der Waals surface area (Å²) in [4.78, 5) is 24.2. The molecule has 24 heavy (non-hydrogen) atoms. The van der Waals surface area contributed by atoms with Crippen molar-refractivity contribution < 1.29 is 9.72 Å². The number of carbonyl (C=O) groups excluding carboxylic acids is 1. The Balaban J connectivity index is 2.00. The summed E-state index contributed by atoms with van der Waals surface area (Å²) in [6.07, 6.45) is 3.56. The van der Waals surface area contributed by atoms with Gasteiger partial charge < -0.3 is 11.1 Å². The molecule has 0 radical (unpaired) electrons. The molecular weight excluding hydrogens is 332 g/mol. The number of nitrogens with zero attached hydrogens (tertiary/aromatic N) is 2. The molecule has 1 aliphatic heterocycles. The van der Waals surface area contributed by atoms with Crippen LogP contribution in [0.1, 0.15) is 31.2 Å². The number of non-ortho nitro benzene ring substituents is 1. The molecule has 7 nitrogen and oxygen atoms in total. The van der Waals surface area contributed by atoms with E-state index in [1.165, 1.54) is 12.1 Å². The number of nitrogens with two attached hydrogens (primary N) is 1. The van der Waals surface area contributed by atoms with Crippen molar-refractivity contribution in [1.82, 2.24) is 10.2 Å². The standard InChI is InChI=1S/C16H23ClN4O3/c17-15-9-13(21(23)24)5-4-12(15)11-20-8-2-1-3-14(20)10-19-16(22)6-7-18/h4-5,9,14H,1-3,6-8,10-11,18H2,(H,19,22). The first kappa shape index (κ1) is 18.6. The van der Waals surface area contributed by atoms with Crippen molar-refractivity contribution in [2.24, 2.45) is 5.73 Å². The van der Waals surface area contributed by atoms with Crippen LogP contribution in [-0.4, -0.2) is 41.4 Å². The highest BCUT2D eigenvalue weighted by Crippen LogP contribution is 2.26. The van der Waals surface area contributed by atoms with Crippen LogP contribution in [0.3, 0.4) is 0 Å². The zero-order valence-corrected chi connectivity index (χ0v) is 14.3. The van der Waals surface area contributed by atoms with E-state index >= 15 is 0 Å². The monoisotopic (exact) mass is 354 g/mol. The number of halogens is 1. The van der Waals surface area contributed by atoms with Gasteiger partial charge in [0.1, 0.15) is 0 Å². The summed E-state index contributed by atoms with van der Waals surface area (Å²) >= 11 is 6.19. The van der Waals surface area contributed by atoms with Crippen LogP contribution in [0, 0.1) is 10.1 Å². The van der Waals surface area contributed by atoms with Crippen molar-refractivity contribution in [2.75, 3.05) is 19.6 Å². The summed E-state index contributed by atoms with van der Waals surface area (Å²) in [5.41, 5.74) is 6.24. The van der Waals surface area contributed by atoms with Crippen LogP contribution in [0.15, 0.2) is 18.2 Å². The van der Waals surface area contributed by atoms with Gasteiger partial charge in [-0.2, -0.15) is 0 Å². The number of carbonyl (C=O) groups is 1. The van der Waals surface area contributed by atoms with E-state index in [-0.39, 0.29) is 17.6 Å². The molecule has 1 atom stereocenters. The van der Waals surface area contributed by atoms with E-state index in [4.69, 9.17) is 17.3 Å². The van der Waals surface area contributed by atoms with E-state index in [2.05, 4.69) is 10.2 Å². The maximum atomic E-state index is 11.6. The minimum atomic E-state index is -0.452. The molecule has 8 heteroatoms. The summed E-state index contributed by atoms with van der Waals surface area (Å²) < 4.78 is 0. The maximum Gasteiger partial charge on any atom is 0.270 e. The first-order valence-corrected chi connectivity index (χ1v) is 8.52. The van der Waals surface area contributed by atoms with Crippen molar-refractivity contribution >= 4 is 23.2 Å². The Hall–Kier alpha value is -1.70. The Bertz CT molecular complexity index is 597. The largest absolute Gasteiger partial charge is 0.354 e. The zero-order valence-electron chi connectivity index (χ0n) is 13.5. The molecule has 132 valence electrons. The normalized spacial score (nSPS) is 18.3. The third kappa shape index (κ3) is 5.15. The molecule has 0 aromatic heterocycles. The number of nitro benzene ring substituents is 1. The van der Waals surface area contributed by atoms with Crippen LogP contribution in [0.5, 0.6) is 0 Å². The fourth-order valence-electron chi connectivity index (χ4n) is 2.95. The van der Waals surface area contributed by atoms with Gasteiger partial charge in [0.15, 0.2) is 0 Å². The second kappa shape index (κ2) is 8.96. The second-order valence-corrected chi connectivity index (χ2v) is 6.40. The minimum Gasteiger partial charge on any atom is -0.354 e. The van der Waals surface area contributed by atoms with E-state index in [1.54, 1.807) is 6.07 Å². The van der Waals surface area contributed by atoms with Gasteiger partial charge in [0.25, 0.3) is 5.69 Å². The van der Waals surface area contributed by atoms with Gasteiger partial charge in [0.2, 0.25) is 5.91 Å². The Kier molecular flexibility index (Phi) is 6.96. The van der Waals surface area contributed by atoms with E-state index in [0.29, 0.717) is 31.1 Å². The number of nitro groups is 1. The number of piperidine rings is 1. The topological polar surface area (TPSA) is 102 Å². The number of likely N-dealkylation sites (tertiary alicyclic amines) is 1. The van der Waals surface area contributed by atoms with Gasteiger partial charge in [-0.25, -0.2) is 0 Å². The average Bonchev–Trinajstić information content (AvgIpc) is 2.56. The van der Waals surface area contributed by atoms with Gasteiger partial charge in [0, 0.05) is 44.2 Å². The summed E-state index contributed by atoms with van der Waals surface area (Å²) in [7, 11) is 0. The first-order valence-electron chi connectivity index (χ1n) is 8.15.